The number of piperazine rings is 1. The Bertz CT molecular complexity index is 468. The van der Waals surface area contributed by atoms with E-state index in [0.717, 1.165) is 71.5 Å². The standard InChI is InChI=1S/C18H32N4O2.ClH/c1-14(2)17(23)22-9-4-3-5-16(22)18(24)21-10-6-15(13-21)20-11-7-19-8-12-20;/h14-16,19H,3-13H2,1-2H3;1H. The summed E-state index contributed by atoms with van der Waals surface area (Å²) in [6.45, 7) is 10.5. The first-order valence-corrected chi connectivity index (χ1v) is 9.62. The molecular weight excluding hydrogens is 340 g/mol. The predicted octanol–water partition coefficient (Wildman–Crippen LogP) is 0.951. The van der Waals surface area contributed by atoms with Gasteiger partial charge in [0, 0.05) is 57.8 Å². The highest BCUT2D eigenvalue weighted by Crippen LogP contribution is 2.24. The zero-order valence-corrected chi connectivity index (χ0v) is 16.4. The number of halogens is 1. The fourth-order valence-electron chi connectivity index (χ4n) is 4.28. The lowest BCUT2D eigenvalue weighted by molar-refractivity contribution is -0.149. The second kappa shape index (κ2) is 9.19. The second-order valence-electron chi connectivity index (χ2n) is 7.71. The summed E-state index contributed by atoms with van der Waals surface area (Å²) in [6, 6.07) is 0.268. The van der Waals surface area contributed by atoms with Crippen molar-refractivity contribution in [2.45, 2.75) is 51.6 Å². The number of amides is 2. The highest BCUT2D eigenvalue weighted by Gasteiger charge is 2.38. The fourth-order valence-corrected chi connectivity index (χ4v) is 4.28. The topological polar surface area (TPSA) is 55.9 Å². The van der Waals surface area contributed by atoms with Gasteiger partial charge in [-0.15, -0.1) is 12.4 Å². The first-order chi connectivity index (χ1) is 11.6. The predicted molar refractivity (Wildman–Crippen MR) is 101 cm³/mol. The van der Waals surface area contributed by atoms with E-state index in [4.69, 9.17) is 0 Å². The van der Waals surface area contributed by atoms with Crippen molar-refractivity contribution in [2.75, 3.05) is 45.8 Å². The van der Waals surface area contributed by atoms with Crippen molar-refractivity contribution >= 4 is 24.2 Å². The van der Waals surface area contributed by atoms with Crippen molar-refractivity contribution in [3.8, 4) is 0 Å². The molecule has 3 aliphatic heterocycles. The number of hydrogen-bond donors (Lipinski definition) is 1. The van der Waals surface area contributed by atoms with Crippen LogP contribution in [0.25, 0.3) is 0 Å². The summed E-state index contributed by atoms with van der Waals surface area (Å²) in [5, 5.41) is 3.39. The number of carbonyl (C=O) groups is 2. The Kier molecular flexibility index (Phi) is 7.52. The van der Waals surface area contributed by atoms with Crippen LogP contribution in [0.2, 0.25) is 0 Å². The molecule has 2 amide bonds. The average molecular weight is 373 g/mol. The largest absolute Gasteiger partial charge is 0.339 e. The van der Waals surface area contributed by atoms with Crippen molar-refractivity contribution in [3.63, 3.8) is 0 Å². The lowest BCUT2D eigenvalue weighted by atomic mass is 9.99. The van der Waals surface area contributed by atoms with Crippen LogP contribution >= 0.6 is 12.4 Å². The minimum atomic E-state index is -0.226. The molecule has 0 aromatic rings. The van der Waals surface area contributed by atoms with E-state index in [2.05, 4.69) is 10.2 Å². The van der Waals surface area contributed by atoms with Gasteiger partial charge in [-0.3, -0.25) is 14.5 Å². The molecular formula is C18H33ClN4O2. The van der Waals surface area contributed by atoms with E-state index < -0.39 is 0 Å². The molecule has 6 nitrogen and oxygen atoms in total. The molecule has 3 aliphatic rings. The van der Waals surface area contributed by atoms with Gasteiger partial charge in [-0.2, -0.15) is 0 Å². The van der Waals surface area contributed by atoms with E-state index in [1.807, 2.05) is 23.6 Å². The zero-order chi connectivity index (χ0) is 17.1. The molecule has 1 N–H and O–H groups in total. The molecule has 3 saturated heterocycles. The molecule has 7 heteroatoms. The molecule has 25 heavy (non-hydrogen) atoms. The van der Waals surface area contributed by atoms with Crippen LogP contribution in [0.3, 0.4) is 0 Å². The van der Waals surface area contributed by atoms with Gasteiger partial charge in [-0.25, -0.2) is 0 Å². The summed E-state index contributed by atoms with van der Waals surface area (Å²) in [6.07, 6.45) is 3.96. The van der Waals surface area contributed by atoms with E-state index in [1.54, 1.807) is 0 Å². The van der Waals surface area contributed by atoms with E-state index in [1.165, 1.54) is 0 Å². The SMILES string of the molecule is CC(C)C(=O)N1CCCCC1C(=O)N1CCC(N2CCNCC2)C1.Cl. The Labute approximate surface area is 157 Å². The van der Waals surface area contributed by atoms with Crippen LogP contribution in [0, 0.1) is 5.92 Å². The second-order valence-corrected chi connectivity index (χ2v) is 7.71. The van der Waals surface area contributed by atoms with Gasteiger partial charge in [0.25, 0.3) is 0 Å². The monoisotopic (exact) mass is 372 g/mol. The van der Waals surface area contributed by atoms with Crippen molar-refractivity contribution < 1.29 is 9.59 Å². The summed E-state index contributed by atoms with van der Waals surface area (Å²) in [4.78, 5) is 31.9. The van der Waals surface area contributed by atoms with Gasteiger partial charge >= 0.3 is 0 Å². The van der Waals surface area contributed by atoms with Gasteiger partial charge in [0.1, 0.15) is 6.04 Å². The minimum Gasteiger partial charge on any atom is -0.339 e. The minimum absolute atomic E-state index is 0. The van der Waals surface area contributed by atoms with Crippen LogP contribution in [0.1, 0.15) is 39.5 Å². The van der Waals surface area contributed by atoms with Gasteiger partial charge in [0.05, 0.1) is 0 Å². The third-order valence-corrected chi connectivity index (χ3v) is 5.71. The van der Waals surface area contributed by atoms with E-state index in [0.29, 0.717) is 6.04 Å². The number of nitrogens with zero attached hydrogens (tertiary/aromatic N) is 3. The first-order valence-electron chi connectivity index (χ1n) is 9.62. The lowest BCUT2D eigenvalue weighted by Crippen LogP contribution is -2.54. The van der Waals surface area contributed by atoms with Crippen LogP contribution in [-0.2, 0) is 9.59 Å². The van der Waals surface area contributed by atoms with Crippen LogP contribution in [-0.4, -0.2) is 84.4 Å². The lowest BCUT2D eigenvalue weighted by Gasteiger charge is -2.38. The van der Waals surface area contributed by atoms with Gasteiger partial charge in [-0.1, -0.05) is 13.8 Å². The third-order valence-electron chi connectivity index (χ3n) is 5.71. The van der Waals surface area contributed by atoms with Crippen molar-refractivity contribution in [1.29, 1.82) is 0 Å². The van der Waals surface area contributed by atoms with Gasteiger partial charge < -0.3 is 15.1 Å². The molecule has 0 radical (unpaired) electrons. The van der Waals surface area contributed by atoms with Crippen LogP contribution in [0.5, 0.6) is 0 Å². The normalized spacial score (nSPS) is 28.1. The highest BCUT2D eigenvalue weighted by molar-refractivity contribution is 5.88. The van der Waals surface area contributed by atoms with Crippen LogP contribution < -0.4 is 5.32 Å². The molecule has 2 unspecified atom stereocenters. The molecule has 0 aromatic carbocycles. The van der Waals surface area contributed by atoms with Gasteiger partial charge in [-0.05, 0) is 25.7 Å². The first kappa shape index (κ1) is 20.5. The average Bonchev–Trinajstić information content (AvgIpc) is 3.11. The molecule has 0 aromatic heterocycles. The quantitative estimate of drug-likeness (QED) is 0.801. The maximum absolute atomic E-state index is 13.1. The van der Waals surface area contributed by atoms with E-state index >= 15 is 0 Å². The molecule has 144 valence electrons. The Morgan fingerprint density at radius 2 is 1.72 bits per heavy atom. The Morgan fingerprint density at radius 3 is 2.40 bits per heavy atom. The highest BCUT2D eigenvalue weighted by atomic mass is 35.5. The smallest absolute Gasteiger partial charge is 0.245 e. The number of nitrogens with one attached hydrogen (secondary N) is 1. The number of hydrogen-bond acceptors (Lipinski definition) is 4. The summed E-state index contributed by atoms with van der Waals surface area (Å²) >= 11 is 0. The Hall–Kier alpha value is -0.850. The molecule has 3 fully saturated rings. The summed E-state index contributed by atoms with van der Waals surface area (Å²) in [7, 11) is 0. The molecule has 0 aliphatic carbocycles. The van der Waals surface area contributed by atoms with E-state index in [9.17, 15) is 9.59 Å². The molecule has 3 heterocycles. The number of rotatable bonds is 3. The van der Waals surface area contributed by atoms with Crippen molar-refractivity contribution in [2.24, 2.45) is 5.92 Å². The number of carbonyl (C=O) groups excluding carboxylic acids is 2. The van der Waals surface area contributed by atoms with Crippen molar-refractivity contribution in [1.82, 2.24) is 20.0 Å². The number of likely N-dealkylation sites (tertiary alicyclic amines) is 2. The molecule has 3 rings (SSSR count). The molecule has 0 saturated carbocycles. The van der Waals surface area contributed by atoms with Crippen LogP contribution in [0.4, 0.5) is 0 Å². The third kappa shape index (κ3) is 4.66. The van der Waals surface area contributed by atoms with E-state index in [-0.39, 0.29) is 36.2 Å². The maximum Gasteiger partial charge on any atom is 0.245 e. The summed E-state index contributed by atoms with van der Waals surface area (Å²) in [5.41, 5.74) is 0. The Balaban J connectivity index is 0.00000225. The van der Waals surface area contributed by atoms with Crippen LogP contribution in [0.15, 0.2) is 0 Å². The Morgan fingerprint density at radius 1 is 1.00 bits per heavy atom. The summed E-state index contributed by atoms with van der Waals surface area (Å²) in [5.74, 6) is 0.276. The van der Waals surface area contributed by atoms with Gasteiger partial charge in [0.15, 0.2) is 0 Å². The fraction of sp³-hybridized carbons (Fsp3) is 0.889. The summed E-state index contributed by atoms with van der Waals surface area (Å²) < 4.78 is 0. The van der Waals surface area contributed by atoms with Gasteiger partial charge in [0.2, 0.25) is 11.8 Å². The molecule has 0 spiro atoms. The molecule has 0 bridgehead atoms. The zero-order valence-electron chi connectivity index (χ0n) is 15.6. The van der Waals surface area contributed by atoms with Crippen molar-refractivity contribution in [3.05, 3.63) is 0 Å². The maximum atomic E-state index is 13.1. The molecule has 2 atom stereocenters. The number of piperidine rings is 1.